The van der Waals surface area contributed by atoms with Crippen molar-refractivity contribution in [3.63, 3.8) is 0 Å². The monoisotopic (exact) mass is 250 g/mol. The van der Waals surface area contributed by atoms with Crippen molar-refractivity contribution in [2.24, 2.45) is 0 Å². The van der Waals surface area contributed by atoms with Gasteiger partial charge in [-0.1, -0.05) is 29.8 Å². The van der Waals surface area contributed by atoms with Crippen molar-refractivity contribution in [1.29, 1.82) is 0 Å². The van der Waals surface area contributed by atoms with E-state index in [2.05, 4.69) is 0 Å². The van der Waals surface area contributed by atoms with Crippen molar-refractivity contribution in [1.82, 2.24) is 0 Å². The van der Waals surface area contributed by atoms with Gasteiger partial charge in [0.1, 0.15) is 0 Å². The molecule has 0 N–H and O–H groups in total. The zero-order valence-corrected chi connectivity index (χ0v) is 10.4. The van der Waals surface area contributed by atoms with E-state index in [1.165, 1.54) is 13.2 Å². The Kier molecular flexibility index (Phi) is 3.34. The van der Waals surface area contributed by atoms with E-state index in [1.54, 1.807) is 12.1 Å². The molecule has 0 atom stereocenters. The molecular formula is C14H12ClFO. The largest absolute Gasteiger partial charge is 0.494 e. The molecule has 0 amide bonds. The number of ether oxygens (including phenoxy) is 1. The predicted molar refractivity (Wildman–Crippen MR) is 68.1 cm³/mol. The van der Waals surface area contributed by atoms with Gasteiger partial charge in [0.25, 0.3) is 0 Å². The van der Waals surface area contributed by atoms with Crippen LogP contribution in [0.4, 0.5) is 4.39 Å². The van der Waals surface area contributed by atoms with Crippen LogP contribution < -0.4 is 4.74 Å². The number of hydrogen-bond acceptors (Lipinski definition) is 1. The van der Waals surface area contributed by atoms with Gasteiger partial charge in [-0.2, -0.15) is 0 Å². The molecule has 0 aliphatic rings. The molecule has 2 rings (SSSR count). The number of halogens is 2. The normalized spacial score (nSPS) is 10.4. The summed E-state index contributed by atoms with van der Waals surface area (Å²) < 4.78 is 18.3. The molecule has 0 unspecified atom stereocenters. The van der Waals surface area contributed by atoms with E-state index in [-0.39, 0.29) is 11.6 Å². The van der Waals surface area contributed by atoms with Gasteiger partial charge in [0.2, 0.25) is 0 Å². The zero-order chi connectivity index (χ0) is 12.4. The molecule has 0 radical (unpaired) electrons. The standard InChI is InChI=1S/C14H12ClFO/c1-9-4-3-5-11(15)14(9)10-6-7-12(16)13(8-10)17-2/h3-8H,1-2H3. The number of benzene rings is 2. The first kappa shape index (κ1) is 11.9. The lowest BCUT2D eigenvalue weighted by molar-refractivity contribution is 0.387. The molecule has 0 aliphatic heterocycles. The first-order chi connectivity index (χ1) is 8.13. The van der Waals surface area contributed by atoms with Gasteiger partial charge in [0, 0.05) is 10.6 Å². The van der Waals surface area contributed by atoms with Crippen LogP contribution in [0.25, 0.3) is 11.1 Å². The van der Waals surface area contributed by atoms with Gasteiger partial charge >= 0.3 is 0 Å². The molecule has 88 valence electrons. The van der Waals surface area contributed by atoms with Crippen molar-refractivity contribution in [2.45, 2.75) is 6.92 Å². The highest BCUT2D eigenvalue weighted by atomic mass is 35.5. The molecule has 0 saturated carbocycles. The van der Waals surface area contributed by atoms with E-state index in [4.69, 9.17) is 16.3 Å². The Bertz CT molecular complexity index is 532. The Morgan fingerprint density at radius 3 is 2.59 bits per heavy atom. The molecule has 0 saturated heterocycles. The minimum Gasteiger partial charge on any atom is -0.494 e. The van der Waals surface area contributed by atoms with Crippen molar-refractivity contribution >= 4 is 11.6 Å². The van der Waals surface area contributed by atoms with Gasteiger partial charge in [0.05, 0.1) is 7.11 Å². The summed E-state index contributed by atoms with van der Waals surface area (Å²) in [7, 11) is 1.45. The second kappa shape index (κ2) is 4.76. The van der Waals surface area contributed by atoms with Crippen molar-refractivity contribution in [2.75, 3.05) is 7.11 Å². The third-order valence-electron chi connectivity index (χ3n) is 2.66. The van der Waals surface area contributed by atoms with E-state index in [0.717, 1.165) is 16.7 Å². The summed E-state index contributed by atoms with van der Waals surface area (Å²) in [6.45, 7) is 1.97. The molecule has 0 aromatic heterocycles. The Morgan fingerprint density at radius 2 is 1.94 bits per heavy atom. The number of rotatable bonds is 2. The fraction of sp³-hybridized carbons (Fsp3) is 0.143. The number of aryl methyl sites for hydroxylation is 1. The smallest absolute Gasteiger partial charge is 0.165 e. The van der Waals surface area contributed by atoms with Crippen LogP contribution in [0.2, 0.25) is 5.02 Å². The fourth-order valence-corrected chi connectivity index (χ4v) is 2.14. The molecule has 1 nitrogen and oxygen atoms in total. The summed E-state index contributed by atoms with van der Waals surface area (Å²) in [5, 5.41) is 0.652. The summed E-state index contributed by atoms with van der Waals surface area (Å²) in [5.74, 6) is -0.150. The predicted octanol–water partition coefficient (Wildman–Crippen LogP) is 4.46. The zero-order valence-electron chi connectivity index (χ0n) is 9.63. The molecule has 0 fully saturated rings. The van der Waals surface area contributed by atoms with Gasteiger partial charge in [-0.25, -0.2) is 4.39 Å². The molecule has 2 aromatic carbocycles. The van der Waals surface area contributed by atoms with Crippen LogP contribution in [0.1, 0.15) is 5.56 Å². The van der Waals surface area contributed by atoms with Crippen LogP contribution in [0.15, 0.2) is 36.4 Å². The number of methoxy groups -OCH3 is 1. The first-order valence-electron chi connectivity index (χ1n) is 5.22. The average Bonchev–Trinajstić information content (AvgIpc) is 2.31. The second-order valence-corrected chi connectivity index (χ2v) is 4.19. The van der Waals surface area contributed by atoms with Crippen molar-refractivity contribution in [3.05, 3.63) is 52.8 Å². The summed E-state index contributed by atoms with van der Waals surface area (Å²) in [5.41, 5.74) is 2.81. The molecular weight excluding hydrogens is 239 g/mol. The van der Waals surface area contributed by atoms with Crippen LogP contribution in [0, 0.1) is 12.7 Å². The van der Waals surface area contributed by atoms with Gasteiger partial charge in [-0.15, -0.1) is 0 Å². The van der Waals surface area contributed by atoms with Crippen LogP contribution in [0.5, 0.6) is 5.75 Å². The van der Waals surface area contributed by atoms with E-state index in [0.29, 0.717) is 5.02 Å². The third-order valence-corrected chi connectivity index (χ3v) is 2.98. The lowest BCUT2D eigenvalue weighted by Gasteiger charge is -2.10. The van der Waals surface area contributed by atoms with Crippen LogP contribution >= 0.6 is 11.6 Å². The van der Waals surface area contributed by atoms with Crippen LogP contribution in [0.3, 0.4) is 0 Å². The molecule has 0 bridgehead atoms. The Hall–Kier alpha value is -1.54. The maximum absolute atomic E-state index is 13.3. The highest BCUT2D eigenvalue weighted by molar-refractivity contribution is 6.33. The van der Waals surface area contributed by atoms with E-state index in [1.807, 2.05) is 25.1 Å². The Labute approximate surface area is 105 Å². The van der Waals surface area contributed by atoms with E-state index < -0.39 is 0 Å². The first-order valence-corrected chi connectivity index (χ1v) is 5.60. The van der Waals surface area contributed by atoms with E-state index >= 15 is 0 Å². The molecule has 2 aromatic rings. The highest BCUT2D eigenvalue weighted by Gasteiger charge is 2.10. The Balaban J connectivity index is 2.61. The van der Waals surface area contributed by atoms with E-state index in [9.17, 15) is 4.39 Å². The van der Waals surface area contributed by atoms with Gasteiger partial charge in [-0.05, 0) is 36.2 Å². The lowest BCUT2D eigenvalue weighted by Crippen LogP contribution is -1.90. The van der Waals surface area contributed by atoms with Gasteiger partial charge < -0.3 is 4.74 Å². The quantitative estimate of drug-likeness (QED) is 0.765. The maximum Gasteiger partial charge on any atom is 0.165 e. The van der Waals surface area contributed by atoms with Crippen molar-refractivity contribution in [3.8, 4) is 16.9 Å². The maximum atomic E-state index is 13.3. The lowest BCUT2D eigenvalue weighted by atomic mass is 10.0. The summed E-state index contributed by atoms with van der Waals surface area (Å²) >= 11 is 6.16. The SMILES string of the molecule is COc1cc(-c2c(C)cccc2Cl)ccc1F. The summed E-state index contributed by atoms with van der Waals surface area (Å²) in [6, 6.07) is 10.4. The molecule has 0 spiro atoms. The molecule has 17 heavy (non-hydrogen) atoms. The second-order valence-electron chi connectivity index (χ2n) is 3.78. The average molecular weight is 251 g/mol. The highest BCUT2D eigenvalue weighted by Crippen LogP contribution is 2.33. The van der Waals surface area contributed by atoms with Gasteiger partial charge in [-0.3, -0.25) is 0 Å². The summed E-state index contributed by atoms with van der Waals surface area (Å²) in [4.78, 5) is 0. The topological polar surface area (TPSA) is 9.23 Å². The minimum absolute atomic E-state index is 0.224. The van der Waals surface area contributed by atoms with Crippen LogP contribution in [-0.4, -0.2) is 7.11 Å². The molecule has 0 aliphatic carbocycles. The minimum atomic E-state index is -0.374. The summed E-state index contributed by atoms with van der Waals surface area (Å²) in [6.07, 6.45) is 0. The Morgan fingerprint density at radius 1 is 1.18 bits per heavy atom. The fourth-order valence-electron chi connectivity index (χ4n) is 1.81. The molecule has 0 heterocycles. The van der Waals surface area contributed by atoms with Crippen LogP contribution in [-0.2, 0) is 0 Å². The molecule has 3 heteroatoms. The third kappa shape index (κ3) is 2.27. The van der Waals surface area contributed by atoms with Gasteiger partial charge in [0.15, 0.2) is 11.6 Å². The van der Waals surface area contributed by atoms with Crippen molar-refractivity contribution < 1.29 is 9.13 Å². The number of hydrogen-bond donors (Lipinski definition) is 0.